The number of aromatic nitrogens is 4. The number of rotatable bonds is 6. The van der Waals surface area contributed by atoms with Gasteiger partial charge in [-0.25, -0.2) is 4.98 Å². The number of para-hydroxylation sites is 1. The maximum absolute atomic E-state index is 12.7. The molecule has 0 aliphatic carbocycles. The number of carbonyl (C=O) groups excluding carboxylic acids is 1. The van der Waals surface area contributed by atoms with E-state index in [0.29, 0.717) is 18.3 Å². The Morgan fingerprint density at radius 1 is 1.37 bits per heavy atom. The highest BCUT2D eigenvalue weighted by Crippen LogP contribution is 2.22. The van der Waals surface area contributed by atoms with Gasteiger partial charge in [0.15, 0.2) is 5.69 Å². The fourth-order valence-electron chi connectivity index (χ4n) is 3.42. The summed E-state index contributed by atoms with van der Waals surface area (Å²) in [7, 11) is 1.78. The highest BCUT2D eigenvalue weighted by atomic mass is 32.1. The van der Waals surface area contributed by atoms with Gasteiger partial charge < -0.3 is 10.2 Å². The first-order valence-electron chi connectivity index (χ1n) is 9.42. The number of piperidine rings is 1. The lowest BCUT2D eigenvalue weighted by Gasteiger charge is -2.23. The topological polar surface area (TPSA) is 75.9 Å². The molecule has 0 saturated carbocycles. The molecule has 7 nitrogen and oxygen atoms in total. The molecule has 0 radical (unpaired) electrons. The van der Waals surface area contributed by atoms with Crippen LogP contribution in [0, 0.1) is 0 Å². The molecule has 1 atom stereocenters. The molecule has 0 spiro atoms. The van der Waals surface area contributed by atoms with E-state index in [-0.39, 0.29) is 5.91 Å². The van der Waals surface area contributed by atoms with Crippen molar-refractivity contribution in [1.29, 1.82) is 0 Å². The molecule has 142 valence electrons. The quantitative estimate of drug-likeness (QED) is 0.707. The molecule has 8 heteroatoms. The van der Waals surface area contributed by atoms with Crippen molar-refractivity contribution >= 4 is 27.5 Å². The van der Waals surface area contributed by atoms with Gasteiger partial charge in [-0.05, 0) is 37.9 Å². The highest BCUT2D eigenvalue weighted by Gasteiger charge is 2.18. The van der Waals surface area contributed by atoms with Crippen molar-refractivity contribution < 1.29 is 4.79 Å². The molecular weight excluding hydrogens is 360 g/mol. The number of amides is 1. The number of benzene rings is 1. The largest absolute Gasteiger partial charge is 0.333 e. The van der Waals surface area contributed by atoms with Crippen molar-refractivity contribution in [2.24, 2.45) is 0 Å². The minimum atomic E-state index is -0.128. The molecule has 1 N–H and O–H groups in total. The zero-order valence-electron chi connectivity index (χ0n) is 15.5. The first kappa shape index (κ1) is 18.1. The summed E-state index contributed by atoms with van der Waals surface area (Å²) in [6, 6.07) is 8.56. The number of aryl methyl sites for hydroxylation is 1. The molecular formula is C19H24N6OS. The predicted molar refractivity (Wildman–Crippen MR) is 106 cm³/mol. The molecule has 4 rings (SSSR count). The molecule has 1 aliphatic heterocycles. The normalized spacial score (nSPS) is 17.3. The van der Waals surface area contributed by atoms with Crippen molar-refractivity contribution in [3.05, 3.63) is 41.2 Å². The zero-order chi connectivity index (χ0) is 18.6. The maximum atomic E-state index is 12.7. The third kappa shape index (κ3) is 4.33. The predicted octanol–water partition coefficient (Wildman–Crippen LogP) is 2.69. The molecule has 1 amide bonds. The van der Waals surface area contributed by atoms with E-state index >= 15 is 0 Å². The van der Waals surface area contributed by atoms with E-state index in [2.05, 4.69) is 20.6 Å². The van der Waals surface area contributed by atoms with Gasteiger partial charge in [-0.15, -0.1) is 16.4 Å². The second-order valence-electron chi connectivity index (χ2n) is 7.04. The molecule has 1 aliphatic rings. The van der Waals surface area contributed by atoms with Crippen LogP contribution in [0.2, 0.25) is 0 Å². The van der Waals surface area contributed by atoms with Gasteiger partial charge in [0.25, 0.3) is 5.91 Å². The minimum Gasteiger partial charge on any atom is -0.333 e. The number of hydrogen-bond acceptors (Lipinski definition) is 6. The standard InChI is InChI=1S/C19H24N6OS/c1-24(13-18-21-15-7-2-3-8-17(15)27-18)19(26)16-12-25(23-22-16)11-9-14-6-4-5-10-20-14/h2-3,7-8,12,14,20H,4-6,9-11,13H2,1H3. The Kier molecular flexibility index (Phi) is 5.45. The maximum Gasteiger partial charge on any atom is 0.276 e. The molecule has 1 unspecified atom stereocenters. The minimum absolute atomic E-state index is 0.128. The SMILES string of the molecule is CN(Cc1nc2ccccc2s1)C(=O)c1cn(CCC2CCCCN2)nn1. The Hall–Kier alpha value is -2.32. The Bertz CT molecular complexity index is 881. The third-order valence-electron chi connectivity index (χ3n) is 4.93. The smallest absolute Gasteiger partial charge is 0.276 e. The number of thiazole rings is 1. The van der Waals surface area contributed by atoms with E-state index in [1.165, 1.54) is 19.3 Å². The van der Waals surface area contributed by atoms with Crippen molar-refractivity contribution in [2.75, 3.05) is 13.6 Å². The summed E-state index contributed by atoms with van der Waals surface area (Å²) in [4.78, 5) is 18.9. The van der Waals surface area contributed by atoms with Crippen LogP contribution in [0.15, 0.2) is 30.5 Å². The van der Waals surface area contributed by atoms with Gasteiger partial charge in [-0.3, -0.25) is 9.48 Å². The third-order valence-corrected chi connectivity index (χ3v) is 5.96. The monoisotopic (exact) mass is 384 g/mol. The molecule has 1 aromatic carbocycles. The van der Waals surface area contributed by atoms with Crippen LogP contribution in [-0.4, -0.2) is 50.4 Å². The van der Waals surface area contributed by atoms with Gasteiger partial charge >= 0.3 is 0 Å². The van der Waals surface area contributed by atoms with Crippen LogP contribution in [0.25, 0.3) is 10.2 Å². The summed E-state index contributed by atoms with van der Waals surface area (Å²) in [5.41, 5.74) is 1.36. The van der Waals surface area contributed by atoms with Crippen molar-refractivity contribution in [1.82, 2.24) is 30.2 Å². The average Bonchev–Trinajstić information content (AvgIpc) is 3.33. The summed E-state index contributed by atoms with van der Waals surface area (Å²) in [6.07, 6.45) is 6.53. The van der Waals surface area contributed by atoms with E-state index < -0.39 is 0 Å². The van der Waals surface area contributed by atoms with Gasteiger partial charge in [0.2, 0.25) is 0 Å². The Balaban J connectivity index is 1.35. The summed E-state index contributed by atoms with van der Waals surface area (Å²) in [6.45, 7) is 2.35. The van der Waals surface area contributed by atoms with Crippen LogP contribution in [0.1, 0.15) is 41.2 Å². The van der Waals surface area contributed by atoms with Gasteiger partial charge in [0, 0.05) is 19.6 Å². The molecule has 0 bridgehead atoms. The Morgan fingerprint density at radius 2 is 2.26 bits per heavy atom. The number of nitrogens with one attached hydrogen (secondary N) is 1. The van der Waals surface area contributed by atoms with E-state index in [0.717, 1.165) is 34.7 Å². The number of nitrogens with zero attached hydrogens (tertiary/aromatic N) is 5. The fraction of sp³-hybridized carbons (Fsp3) is 0.474. The van der Waals surface area contributed by atoms with Crippen molar-refractivity contribution in [3.8, 4) is 0 Å². The first-order valence-corrected chi connectivity index (χ1v) is 10.2. The Labute approximate surface area is 162 Å². The van der Waals surface area contributed by atoms with Crippen LogP contribution in [0.3, 0.4) is 0 Å². The van der Waals surface area contributed by atoms with Gasteiger partial charge in [0.1, 0.15) is 5.01 Å². The molecule has 3 aromatic rings. The van der Waals surface area contributed by atoms with Crippen LogP contribution >= 0.6 is 11.3 Å². The van der Waals surface area contributed by atoms with E-state index in [9.17, 15) is 4.79 Å². The first-order chi connectivity index (χ1) is 13.2. The van der Waals surface area contributed by atoms with Crippen LogP contribution in [-0.2, 0) is 13.1 Å². The zero-order valence-corrected chi connectivity index (χ0v) is 16.3. The van der Waals surface area contributed by atoms with E-state index in [1.807, 2.05) is 24.3 Å². The molecule has 1 saturated heterocycles. The summed E-state index contributed by atoms with van der Waals surface area (Å²) in [5.74, 6) is -0.128. The van der Waals surface area contributed by atoms with Crippen molar-refractivity contribution in [3.63, 3.8) is 0 Å². The fourth-order valence-corrected chi connectivity index (χ4v) is 4.44. The molecule has 2 aromatic heterocycles. The molecule has 3 heterocycles. The molecule has 1 fully saturated rings. The summed E-state index contributed by atoms with van der Waals surface area (Å²) >= 11 is 1.61. The Morgan fingerprint density at radius 3 is 3.07 bits per heavy atom. The van der Waals surface area contributed by atoms with Gasteiger partial charge in [-0.2, -0.15) is 0 Å². The van der Waals surface area contributed by atoms with Crippen molar-refractivity contribution in [2.45, 2.75) is 44.8 Å². The number of carbonyl (C=O) groups is 1. The second-order valence-corrected chi connectivity index (χ2v) is 8.15. The molecule has 27 heavy (non-hydrogen) atoms. The van der Waals surface area contributed by atoms with Gasteiger partial charge in [-0.1, -0.05) is 23.8 Å². The lowest BCUT2D eigenvalue weighted by molar-refractivity contribution is 0.0779. The second kappa shape index (κ2) is 8.14. The lowest BCUT2D eigenvalue weighted by atomic mass is 10.0. The number of fused-ring (bicyclic) bond motifs is 1. The van der Waals surface area contributed by atoms with Gasteiger partial charge in [0.05, 0.1) is 23.0 Å². The van der Waals surface area contributed by atoms with Crippen LogP contribution < -0.4 is 5.32 Å². The highest BCUT2D eigenvalue weighted by molar-refractivity contribution is 7.18. The lowest BCUT2D eigenvalue weighted by Crippen LogP contribution is -2.34. The number of hydrogen-bond donors (Lipinski definition) is 1. The van der Waals surface area contributed by atoms with E-state index in [4.69, 9.17) is 0 Å². The van der Waals surface area contributed by atoms with E-state index in [1.54, 1.807) is 34.2 Å². The van der Waals surface area contributed by atoms with Crippen LogP contribution in [0.5, 0.6) is 0 Å². The van der Waals surface area contributed by atoms with Crippen LogP contribution in [0.4, 0.5) is 0 Å². The summed E-state index contributed by atoms with van der Waals surface area (Å²) in [5, 5.41) is 12.6. The average molecular weight is 385 g/mol. The summed E-state index contributed by atoms with van der Waals surface area (Å²) < 4.78 is 2.91.